The summed E-state index contributed by atoms with van der Waals surface area (Å²) in [5.74, 6) is -0.970. The first-order chi connectivity index (χ1) is 12.1. The zero-order chi connectivity index (χ0) is 17.6. The van der Waals surface area contributed by atoms with E-state index in [0.29, 0.717) is 13.0 Å². The van der Waals surface area contributed by atoms with Crippen LogP contribution in [0.15, 0.2) is 54.6 Å². The maximum Gasteiger partial charge on any atom is 0.328 e. The number of hydrogen-bond donors (Lipinski definition) is 2. The largest absolute Gasteiger partial charge is 0.478 e. The standard InChI is InChI=1S/C21H23NO3/c23-20(13-18-7-3-1-5-16(18)9-10-21(24)25)15-22-12-11-17-6-2-4-8-19(17)14-22/h1-10,20,23H,11-15H2,(H,24,25)/b10-9+. The summed E-state index contributed by atoms with van der Waals surface area (Å²) >= 11 is 0. The van der Waals surface area contributed by atoms with Crippen LogP contribution in [0.3, 0.4) is 0 Å². The third-order valence-corrected chi connectivity index (χ3v) is 4.59. The molecule has 1 unspecified atom stereocenters. The molecular formula is C21H23NO3. The third kappa shape index (κ3) is 4.78. The lowest BCUT2D eigenvalue weighted by Crippen LogP contribution is -2.37. The van der Waals surface area contributed by atoms with Gasteiger partial charge in [0, 0.05) is 32.1 Å². The fourth-order valence-corrected chi connectivity index (χ4v) is 3.37. The average Bonchev–Trinajstić information content (AvgIpc) is 2.60. The number of benzene rings is 2. The van der Waals surface area contributed by atoms with Crippen molar-refractivity contribution in [1.82, 2.24) is 4.90 Å². The predicted molar refractivity (Wildman–Crippen MR) is 98.2 cm³/mol. The summed E-state index contributed by atoms with van der Waals surface area (Å²) < 4.78 is 0. The van der Waals surface area contributed by atoms with Gasteiger partial charge in [0.15, 0.2) is 0 Å². The summed E-state index contributed by atoms with van der Waals surface area (Å²) in [7, 11) is 0. The van der Waals surface area contributed by atoms with Crippen LogP contribution in [0.4, 0.5) is 0 Å². The lowest BCUT2D eigenvalue weighted by molar-refractivity contribution is -0.131. The molecule has 4 nitrogen and oxygen atoms in total. The number of rotatable bonds is 6. The number of carboxylic acids is 1. The van der Waals surface area contributed by atoms with Gasteiger partial charge in [0.25, 0.3) is 0 Å². The van der Waals surface area contributed by atoms with Gasteiger partial charge in [-0.25, -0.2) is 4.79 Å². The lowest BCUT2D eigenvalue weighted by Gasteiger charge is -2.30. The van der Waals surface area contributed by atoms with Crippen LogP contribution in [-0.2, 0) is 24.2 Å². The van der Waals surface area contributed by atoms with Crippen molar-refractivity contribution in [3.63, 3.8) is 0 Å². The molecule has 2 N–H and O–H groups in total. The molecule has 0 aromatic heterocycles. The van der Waals surface area contributed by atoms with Gasteiger partial charge in [-0.2, -0.15) is 0 Å². The molecule has 0 aliphatic carbocycles. The van der Waals surface area contributed by atoms with E-state index in [0.717, 1.165) is 36.7 Å². The van der Waals surface area contributed by atoms with Crippen LogP contribution in [0, 0.1) is 0 Å². The normalized spacial score (nSPS) is 15.9. The molecule has 1 aliphatic heterocycles. The van der Waals surface area contributed by atoms with E-state index >= 15 is 0 Å². The van der Waals surface area contributed by atoms with Crippen LogP contribution in [-0.4, -0.2) is 40.3 Å². The molecule has 25 heavy (non-hydrogen) atoms. The fraction of sp³-hybridized carbons (Fsp3) is 0.286. The first-order valence-corrected chi connectivity index (χ1v) is 8.58. The monoisotopic (exact) mass is 337 g/mol. The van der Waals surface area contributed by atoms with Gasteiger partial charge in [0.2, 0.25) is 0 Å². The van der Waals surface area contributed by atoms with Gasteiger partial charge < -0.3 is 10.2 Å². The zero-order valence-electron chi connectivity index (χ0n) is 14.1. The second kappa shape index (κ2) is 8.10. The van der Waals surface area contributed by atoms with Crippen molar-refractivity contribution in [1.29, 1.82) is 0 Å². The SMILES string of the molecule is O=C(O)/C=C/c1ccccc1CC(O)CN1CCc2ccccc2C1. The van der Waals surface area contributed by atoms with Gasteiger partial charge in [-0.15, -0.1) is 0 Å². The van der Waals surface area contributed by atoms with Crippen molar-refractivity contribution in [3.05, 3.63) is 76.9 Å². The molecule has 1 heterocycles. The second-order valence-corrected chi connectivity index (χ2v) is 6.48. The third-order valence-electron chi connectivity index (χ3n) is 4.59. The van der Waals surface area contributed by atoms with Crippen molar-refractivity contribution >= 4 is 12.0 Å². The summed E-state index contributed by atoms with van der Waals surface area (Å²) in [4.78, 5) is 13.0. The van der Waals surface area contributed by atoms with E-state index in [2.05, 4.69) is 29.2 Å². The lowest BCUT2D eigenvalue weighted by atomic mass is 9.98. The van der Waals surface area contributed by atoms with Crippen LogP contribution in [0.2, 0.25) is 0 Å². The van der Waals surface area contributed by atoms with Gasteiger partial charge in [0.05, 0.1) is 6.10 Å². The molecule has 0 saturated heterocycles. The van der Waals surface area contributed by atoms with Crippen molar-refractivity contribution in [2.45, 2.75) is 25.5 Å². The summed E-state index contributed by atoms with van der Waals surface area (Å²) in [5.41, 5.74) is 4.54. The first-order valence-electron chi connectivity index (χ1n) is 8.58. The Hall–Kier alpha value is -2.43. The average molecular weight is 337 g/mol. The highest BCUT2D eigenvalue weighted by molar-refractivity contribution is 5.85. The number of aliphatic carboxylic acids is 1. The quantitative estimate of drug-likeness (QED) is 0.796. The smallest absolute Gasteiger partial charge is 0.328 e. The number of carbonyl (C=O) groups is 1. The number of aliphatic hydroxyl groups is 1. The van der Waals surface area contributed by atoms with E-state index in [-0.39, 0.29) is 0 Å². The van der Waals surface area contributed by atoms with Crippen LogP contribution in [0.25, 0.3) is 6.08 Å². The maximum absolute atomic E-state index is 10.7. The summed E-state index contributed by atoms with van der Waals surface area (Å²) in [6.45, 7) is 2.44. The van der Waals surface area contributed by atoms with Crippen molar-refractivity contribution < 1.29 is 15.0 Å². The molecule has 4 heteroatoms. The van der Waals surface area contributed by atoms with E-state index < -0.39 is 12.1 Å². The minimum atomic E-state index is -0.970. The fourth-order valence-electron chi connectivity index (χ4n) is 3.37. The Morgan fingerprint density at radius 3 is 2.64 bits per heavy atom. The highest BCUT2D eigenvalue weighted by Gasteiger charge is 2.19. The zero-order valence-corrected chi connectivity index (χ0v) is 14.1. The minimum Gasteiger partial charge on any atom is -0.478 e. The summed E-state index contributed by atoms with van der Waals surface area (Å²) in [6, 6.07) is 16.1. The highest BCUT2D eigenvalue weighted by atomic mass is 16.4. The van der Waals surface area contributed by atoms with Gasteiger partial charge >= 0.3 is 5.97 Å². The number of aliphatic hydroxyl groups excluding tert-OH is 1. The maximum atomic E-state index is 10.7. The van der Waals surface area contributed by atoms with E-state index in [1.165, 1.54) is 11.1 Å². The molecule has 1 atom stereocenters. The number of nitrogens with zero attached hydrogens (tertiary/aromatic N) is 1. The highest BCUT2D eigenvalue weighted by Crippen LogP contribution is 2.19. The molecule has 0 spiro atoms. The molecule has 0 saturated carbocycles. The van der Waals surface area contributed by atoms with Crippen LogP contribution >= 0.6 is 0 Å². The van der Waals surface area contributed by atoms with Gasteiger partial charge in [-0.3, -0.25) is 4.90 Å². The Morgan fingerprint density at radius 1 is 1.12 bits per heavy atom. The van der Waals surface area contributed by atoms with Gasteiger partial charge in [-0.1, -0.05) is 48.5 Å². The Morgan fingerprint density at radius 2 is 1.84 bits per heavy atom. The van der Waals surface area contributed by atoms with Gasteiger partial charge in [0.1, 0.15) is 0 Å². The van der Waals surface area contributed by atoms with E-state index in [4.69, 9.17) is 5.11 Å². The van der Waals surface area contributed by atoms with Crippen LogP contribution in [0.5, 0.6) is 0 Å². The molecule has 0 radical (unpaired) electrons. The first kappa shape index (κ1) is 17.4. The molecule has 2 aromatic carbocycles. The Balaban J connectivity index is 1.62. The van der Waals surface area contributed by atoms with Crippen molar-refractivity contribution in [3.8, 4) is 0 Å². The molecule has 2 aromatic rings. The Kier molecular flexibility index (Phi) is 5.64. The minimum absolute atomic E-state index is 0.482. The molecule has 130 valence electrons. The van der Waals surface area contributed by atoms with E-state index in [1.54, 1.807) is 6.08 Å². The molecule has 0 amide bonds. The topological polar surface area (TPSA) is 60.8 Å². The predicted octanol–water partition coefficient (Wildman–Crippen LogP) is 2.75. The Bertz CT molecular complexity index is 769. The van der Waals surface area contributed by atoms with Crippen molar-refractivity contribution in [2.75, 3.05) is 13.1 Å². The summed E-state index contributed by atoms with van der Waals surface area (Å²) in [5, 5.41) is 19.3. The second-order valence-electron chi connectivity index (χ2n) is 6.48. The number of carboxylic acid groups (broad SMARTS) is 1. The van der Waals surface area contributed by atoms with E-state index in [1.807, 2.05) is 24.3 Å². The number of fused-ring (bicyclic) bond motifs is 1. The molecule has 3 rings (SSSR count). The van der Waals surface area contributed by atoms with Crippen LogP contribution < -0.4 is 0 Å². The molecule has 0 fully saturated rings. The van der Waals surface area contributed by atoms with Crippen molar-refractivity contribution in [2.24, 2.45) is 0 Å². The van der Waals surface area contributed by atoms with E-state index in [9.17, 15) is 9.90 Å². The molecular weight excluding hydrogens is 314 g/mol. The van der Waals surface area contributed by atoms with Crippen LogP contribution in [0.1, 0.15) is 22.3 Å². The number of β-amino-alcohol motifs (C(OH)–C–C–N with tert-alkyl or cyclic N) is 1. The van der Waals surface area contributed by atoms with Gasteiger partial charge in [-0.05, 0) is 34.8 Å². The number of hydrogen-bond acceptors (Lipinski definition) is 3. The molecule has 1 aliphatic rings. The Labute approximate surface area is 148 Å². The summed E-state index contributed by atoms with van der Waals surface area (Å²) in [6.07, 6.45) is 3.76. The molecule has 0 bridgehead atoms.